The van der Waals surface area contributed by atoms with Crippen molar-refractivity contribution in [3.8, 4) is 11.5 Å². The number of hydrogen-bond acceptors (Lipinski definition) is 4. The molecule has 0 fully saturated rings. The second kappa shape index (κ2) is 7.99. The number of aryl methyl sites for hydroxylation is 1. The van der Waals surface area contributed by atoms with Crippen molar-refractivity contribution in [2.75, 3.05) is 32.7 Å². The zero-order valence-corrected chi connectivity index (χ0v) is 16.9. The molecular formula is C20H23BrN2O3. The number of benzene rings is 2. The predicted octanol–water partition coefficient (Wildman–Crippen LogP) is 3.78. The molecule has 0 saturated heterocycles. The lowest BCUT2D eigenvalue weighted by atomic mass is 9.99. The summed E-state index contributed by atoms with van der Waals surface area (Å²) in [6.45, 7) is 1.58. The molecule has 0 unspecified atom stereocenters. The molecule has 1 N–H and O–H groups in total. The predicted molar refractivity (Wildman–Crippen MR) is 106 cm³/mol. The fraction of sp³-hybridized carbons (Fsp3) is 0.350. The van der Waals surface area contributed by atoms with Gasteiger partial charge in [-0.25, -0.2) is 0 Å². The van der Waals surface area contributed by atoms with Crippen molar-refractivity contribution in [3.63, 3.8) is 0 Å². The number of carbonyl (C=O) groups excluding carboxylic acids is 1. The molecule has 5 nitrogen and oxygen atoms in total. The van der Waals surface area contributed by atoms with Gasteiger partial charge in [-0.05, 0) is 58.1 Å². The SMILES string of the molecule is COc1cc(C(=O)NCc2ccc3c(c2)CCCN3C)cc(OC)c1Br. The van der Waals surface area contributed by atoms with Gasteiger partial charge in [-0.2, -0.15) is 0 Å². The molecule has 1 heterocycles. The van der Waals surface area contributed by atoms with E-state index in [9.17, 15) is 4.79 Å². The van der Waals surface area contributed by atoms with Gasteiger partial charge < -0.3 is 19.7 Å². The highest BCUT2D eigenvalue weighted by Crippen LogP contribution is 2.35. The van der Waals surface area contributed by atoms with E-state index >= 15 is 0 Å². The summed E-state index contributed by atoms with van der Waals surface area (Å²) in [6.07, 6.45) is 2.25. The Morgan fingerprint density at radius 2 is 1.88 bits per heavy atom. The van der Waals surface area contributed by atoms with Crippen LogP contribution >= 0.6 is 15.9 Å². The number of hydrogen-bond donors (Lipinski definition) is 1. The highest BCUT2D eigenvalue weighted by Gasteiger charge is 2.16. The number of carbonyl (C=O) groups is 1. The number of nitrogens with zero attached hydrogens (tertiary/aromatic N) is 1. The highest BCUT2D eigenvalue weighted by molar-refractivity contribution is 9.10. The van der Waals surface area contributed by atoms with Gasteiger partial charge in [0.25, 0.3) is 5.91 Å². The molecule has 0 bridgehead atoms. The van der Waals surface area contributed by atoms with E-state index in [0.29, 0.717) is 28.1 Å². The summed E-state index contributed by atoms with van der Waals surface area (Å²) in [7, 11) is 5.24. The van der Waals surface area contributed by atoms with E-state index < -0.39 is 0 Å². The molecule has 2 aromatic carbocycles. The highest BCUT2D eigenvalue weighted by atomic mass is 79.9. The summed E-state index contributed by atoms with van der Waals surface area (Å²) < 4.78 is 11.3. The van der Waals surface area contributed by atoms with Gasteiger partial charge in [0.05, 0.1) is 14.2 Å². The zero-order valence-electron chi connectivity index (χ0n) is 15.3. The van der Waals surface area contributed by atoms with Crippen LogP contribution in [0.25, 0.3) is 0 Å². The molecule has 26 heavy (non-hydrogen) atoms. The van der Waals surface area contributed by atoms with Crippen molar-refractivity contribution >= 4 is 27.5 Å². The van der Waals surface area contributed by atoms with Crippen molar-refractivity contribution in [1.82, 2.24) is 5.32 Å². The topological polar surface area (TPSA) is 50.8 Å². The minimum absolute atomic E-state index is 0.163. The van der Waals surface area contributed by atoms with Gasteiger partial charge in [-0.3, -0.25) is 4.79 Å². The van der Waals surface area contributed by atoms with E-state index in [2.05, 4.69) is 51.4 Å². The van der Waals surface area contributed by atoms with Crippen LogP contribution in [-0.4, -0.2) is 33.7 Å². The normalized spacial score (nSPS) is 13.2. The van der Waals surface area contributed by atoms with E-state index in [1.165, 1.54) is 11.3 Å². The maximum Gasteiger partial charge on any atom is 0.251 e. The van der Waals surface area contributed by atoms with Crippen LogP contribution < -0.4 is 19.7 Å². The second-order valence-corrected chi connectivity index (χ2v) is 7.16. The lowest BCUT2D eigenvalue weighted by Crippen LogP contribution is -2.25. The Morgan fingerprint density at radius 1 is 1.19 bits per heavy atom. The van der Waals surface area contributed by atoms with E-state index in [1.807, 2.05) is 0 Å². The average Bonchev–Trinajstić information content (AvgIpc) is 2.66. The first-order valence-corrected chi connectivity index (χ1v) is 9.35. The summed E-state index contributed by atoms with van der Waals surface area (Å²) in [6, 6.07) is 9.80. The Balaban J connectivity index is 1.73. The molecule has 0 aromatic heterocycles. The van der Waals surface area contributed by atoms with Gasteiger partial charge in [0.15, 0.2) is 0 Å². The van der Waals surface area contributed by atoms with Crippen molar-refractivity contribution in [2.45, 2.75) is 19.4 Å². The van der Waals surface area contributed by atoms with Crippen LogP contribution in [0.3, 0.4) is 0 Å². The quantitative estimate of drug-likeness (QED) is 0.802. The van der Waals surface area contributed by atoms with Crippen LogP contribution in [0.5, 0.6) is 11.5 Å². The largest absolute Gasteiger partial charge is 0.495 e. The smallest absolute Gasteiger partial charge is 0.251 e. The molecule has 0 radical (unpaired) electrons. The van der Waals surface area contributed by atoms with Gasteiger partial charge in [0.1, 0.15) is 16.0 Å². The van der Waals surface area contributed by atoms with Crippen molar-refractivity contribution in [2.24, 2.45) is 0 Å². The number of ether oxygens (including phenoxy) is 2. The Morgan fingerprint density at radius 3 is 2.54 bits per heavy atom. The number of fused-ring (bicyclic) bond motifs is 1. The van der Waals surface area contributed by atoms with Crippen LogP contribution in [0.2, 0.25) is 0 Å². The third-order valence-corrected chi connectivity index (χ3v) is 5.44. The Kier molecular flexibility index (Phi) is 5.71. The minimum atomic E-state index is -0.163. The second-order valence-electron chi connectivity index (χ2n) is 6.37. The van der Waals surface area contributed by atoms with Gasteiger partial charge in [-0.1, -0.05) is 12.1 Å². The summed E-state index contributed by atoms with van der Waals surface area (Å²) in [5.74, 6) is 0.960. The van der Waals surface area contributed by atoms with Gasteiger partial charge >= 0.3 is 0 Å². The van der Waals surface area contributed by atoms with Gasteiger partial charge in [0.2, 0.25) is 0 Å². The molecule has 1 aliphatic rings. The molecule has 0 saturated carbocycles. The van der Waals surface area contributed by atoms with Gasteiger partial charge in [-0.15, -0.1) is 0 Å². The number of amides is 1. The molecule has 3 rings (SSSR count). The molecule has 1 amide bonds. The van der Waals surface area contributed by atoms with Crippen molar-refractivity contribution in [3.05, 3.63) is 51.5 Å². The number of methoxy groups -OCH3 is 2. The van der Waals surface area contributed by atoms with E-state index in [1.54, 1.807) is 26.4 Å². The first-order chi connectivity index (χ1) is 12.5. The minimum Gasteiger partial charge on any atom is -0.495 e. The van der Waals surface area contributed by atoms with E-state index in [-0.39, 0.29) is 5.91 Å². The van der Waals surface area contributed by atoms with Crippen LogP contribution in [0.15, 0.2) is 34.8 Å². The maximum absolute atomic E-state index is 12.6. The summed E-state index contributed by atoms with van der Waals surface area (Å²) in [4.78, 5) is 14.8. The molecule has 2 aromatic rings. The fourth-order valence-corrected chi connectivity index (χ4v) is 3.79. The average molecular weight is 419 g/mol. The number of halogens is 1. The molecule has 6 heteroatoms. The molecule has 0 atom stereocenters. The van der Waals surface area contributed by atoms with Crippen molar-refractivity contribution in [1.29, 1.82) is 0 Å². The third-order valence-electron chi connectivity index (χ3n) is 4.66. The maximum atomic E-state index is 12.6. The summed E-state index contributed by atoms with van der Waals surface area (Å²) in [5.41, 5.74) is 4.23. The third kappa shape index (κ3) is 3.80. The Hall–Kier alpha value is -2.21. The summed E-state index contributed by atoms with van der Waals surface area (Å²) in [5, 5.41) is 2.98. The van der Waals surface area contributed by atoms with Crippen LogP contribution in [0.1, 0.15) is 27.9 Å². The zero-order chi connectivity index (χ0) is 18.7. The first-order valence-electron chi connectivity index (χ1n) is 8.56. The Labute approximate surface area is 162 Å². The number of nitrogens with one attached hydrogen (secondary N) is 1. The molecule has 1 aliphatic heterocycles. The van der Waals surface area contributed by atoms with Gasteiger partial charge in [0, 0.05) is 31.4 Å². The van der Waals surface area contributed by atoms with Crippen LogP contribution in [0, 0.1) is 0 Å². The monoisotopic (exact) mass is 418 g/mol. The molecule has 138 valence electrons. The van der Waals surface area contributed by atoms with Crippen LogP contribution in [0.4, 0.5) is 5.69 Å². The fourth-order valence-electron chi connectivity index (χ4n) is 3.23. The van der Waals surface area contributed by atoms with E-state index in [4.69, 9.17) is 9.47 Å². The molecular weight excluding hydrogens is 396 g/mol. The van der Waals surface area contributed by atoms with Crippen LogP contribution in [-0.2, 0) is 13.0 Å². The van der Waals surface area contributed by atoms with E-state index in [0.717, 1.165) is 24.9 Å². The number of rotatable bonds is 5. The summed E-state index contributed by atoms with van der Waals surface area (Å²) >= 11 is 3.41. The molecule has 0 aliphatic carbocycles. The number of anilines is 1. The first kappa shape index (κ1) is 18.6. The molecule has 0 spiro atoms. The lowest BCUT2D eigenvalue weighted by Gasteiger charge is -2.27. The lowest BCUT2D eigenvalue weighted by molar-refractivity contribution is 0.0950. The Bertz CT molecular complexity index is 798. The standard InChI is InChI=1S/C20H23BrN2O3/c1-23-8-4-5-14-9-13(6-7-16(14)23)12-22-20(24)15-10-17(25-2)19(21)18(11-15)26-3/h6-7,9-11H,4-5,8,12H2,1-3H3,(H,22,24). The van der Waals surface area contributed by atoms with Crippen molar-refractivity contribution < 1.29 is 14.3 Å².